The van der Waals surface area contributed by atoms with Crippen LogP contribution in [0.25, 0.3) is 11.6 Å². The van der Waals surface area contributed by atoms with Crippen LogP contribution in [0.15, 0.2) is 36.4 Å². The third-order valence-corrected chi connectivity index (χ3v) is 3.30. The Bertz CT molecular complexity index is 753. The Morgan fingerprint density at radius 1 is 1.04 bits per heavy atom. The number of hydrogen-bond donors (Lipinski definition) is 0. The number of nitriles is 1. The fraction of sp³-hybridized carbons (Fsp3) is 0.167. The Kier molecular flexibility index (Phi) is 5.21. The van der Waals surface area contributed by atoms with Crippen molar-refractivity contribution in [1.29, 1.82) is 5.26 Å². The number of halogens is 1. The highest BCUT2D eigenvalue weighted by atomic mass is 19.1. The van der Waals surface area contributed by atoms with Gasteiger partial charge in [-0.1, -0.05) is 12.1 Å². The van der Waals surface area contributed by atoms with Crippen LogP contribution in [-0.2, 0) is 0 Å². The van der Waals surface area contributed by atoms with Crippen molar-refractivity contribution >= 4 is 11.6 Å². The maximum Gasteiger partial charge on any atom is 0.133 e. The minimum Gasteiger partial charge on any atom is -0.496 e. The zero-order chi connectivity index (χ0) is 16.8. The second-order valence-electron chi connectivity index (χ2n) is 4.63. The molecule has 0 aliphatic heterocycles. The molecule has 0 atom stereocenters. The highest BCUT2D eigenvalue weighted by Crippen LogP contribution is 2.36. The van der Waals surface area contributed by atoms with E-state index in [0.29, 0.717) is 33.9 Å². The van der Waals surface area contributed by atoms with Crippen LogP contribution in [0.3, 0.4) is 0 Å². The van der Waals surface area contributed by atoms with Gasteiger partial charge in [-0.15, -0.1) is 0 Å². The molecular weight excluding hydrogens is 297 g/mol. The zero-order valence-electron chi connectivity index (χ0n) is 13.1. The summed E-state index contributed by atoms with van der Waals surface area (Å²) in [5.74, 6) is 1.15. The molecule has 0 N–H and O–H groups in total. The number of methoxy groups -OCH3 is 3. The summed E-state index contributed by atoms with van der Waals surface area (Å²) in [5, 5.41) is 9.41. The summed E-state index contributed by atoms with van der Waals surface area (Å²) in [4.78, 5) is 0. The predicted octanol–water partition coefficient (Wildman–Crippen LogP) is 3.92. The fourth-order valence-electron chi connectivity index (χ4n) is 2.16. The van der Waals surface area contributed by atoms with Gasteiger partial charge in [-0.25, -0.2) is 4.39 Å². The van der Waals surface area contributed by atoms with E-state index in [0.717, 1.165) is 0 Å². The van der Waals surface area contributed by atoms with Gasteiger partial charge in [0.25, 0.3) is 0 Å². The number of ether oxygens (including phenoxy) is 3. The second kappa shape index (κ2) is 7.32. The van der Waals surface area contributed by atoms with Crippen molar-refractivity contribution in [3.05, 3.63) is 53.3 Å². The van der Waals surface area contributed by atoms with E-state index in [1.165, 1.54) is 33.5 Å². The molecule has 5 heteroatoms. The molecule has 2 rings (SSSR count). The molecule has 0 aromatic heterocycles. The predicted molar refractivity (Wildman–Crippen MR) is 86.0 cm³/mol. The van der Waals surface area contributed by atoms with Gasteiger partial charge in [-0.05, 0) is 23.8 Å². The summed E-state index contributed by atoms with van der Waals surface area (Å²) in [7, 11) is 4.57. The first-order chi connectivity index (χ1) is 11.1. The van der Waals surface area contributed by atoms with Crippen LogP contribution in [0.2, 0.25) is 0 Å². The molecule has 4 nitrogen and oxygen atoms in total. The first-order valence-electron chi connectivity index (χ1n) is 6.80. The summed E-state index contributed by atoms with van der Waals surface area (Å²) in [6, 6.07) is 11.3. The van der Waals surface area contributed by atoms with Crippen LogP contribution in [0.4, 0.5) is 4.39 Å². The van der Waals surface area contributed by atoms with E-state index in [1.807, 2.05) is 0 Å². The third-order valence-electron chi connectivity index (χ3n) is 3.30. The molecule has 0 bridgehead atoms. The Balaban J connectivity index is 2.62. The van der Waals surface area contributed by atoms with E-state index in [-0.39, 0.29) is 0 Å². The second-order valence-corrected chi connectivity index (χ2v) is 4.63. The quantitative estimate of drug-likeness (QED) is 0.620. The molecule has 0 radical (unpaired) electrons. The first kappa shape index (κ1) is 16.4. The maximum atomic E-state index is 13.4. The molecule has 23 heavy (non-hydrogen) atoms. The lowest BCUT2D eigenvalue weighted by Gasteiger charge is -2.13. The largest absolute Gasteiger partial charge is 0.496 e. The van der Waals surface area contributed by atoms with Gasteiger partial charge < -0.3 is 14.2 Å². The van der Waals surface area contributed by atoms with E-state index >= 15 is 0 Å². The first-order valence-corrected chi connectivity index (χ1v) is 6.80. The normalized spacial score (nSPS) is 10.8. The van der Waals surface area contributed by atoms with Crippen molar-refractivity contribution in [2.45, 2.75) is 0 Å². The number of benzene rings is 2. The highest BCUT2D eigenvalue weighted by molar-refractivity contribution is 5.92. The molecule has 0 fully saturated rings. The lowest BCUT2D eigenvalue weighted by Crippen LogP contribution is -1.95. The molecule has 118 valence electrons. The van der Waals surface area contributed by atoms with Gasteiger partial charge in [-0.2, -0.15) is 5.26 Å². The molecule has 2 aromatic rings. The highest BCUT2D eigenvalue weighted by Gasteiger charge is 2.13. The molecular formula is C18H16FNO3. The number of rotatable bonds is 5. The SMILES string of the molecule is COc1cc(OC)c(/C=C(/C#N)c2cccc(F)c2)c(OC)c1. The van der Waals surface area contributed by atoms with E-state index in [2.05, 4.69) is 6.07 Å². The zero-order valence-corrected chi connectivity index (χ0v) is 13.1. The maximum absolute atomic E-state index is 13.4. The van der Waals surface area contributed by atoms with Crippen molar-refractivity contribution in [2.75, 3.05) is 21.3 Å². The molecule has 0 unspecified atom stereocenters. The fourth-order valence-corrected chi connectivity index (χ4v) is 2.16. The smallest absolute Gasteiger partial charge is 0.133 e. The summed E-state index contributed by atoms with van der Waals surface area (Å²) >= 11 is 0. The Labute approximate surface area is 134 Å². The standard InChI is InChI=1S/C18H16FNO3/c1-21-15-9-17(22-2)16(18(10-15)23-3)8-13(11-20)12-5-4-6-14(19)7-12/h4-10H,1-3H3/b13-8-. The van der Waals surface area contributed by atoms with E-state index in [4.69, 9.17) is 14.2 Å². The molecule has 0 amide bonds. The molecule has 0 aliphatic rings. The van der Waals surface area contributed by atoms with Crippen LogP contribution >= 0.6 is 0 Å². The molecule has 0 spiro atoms. The van der Waals surface area contributed by atoms with Crippen molar-refractivity contribution in [3.63, 3.8) is 0 Å². The Morgan fingerprint density at radius 2 is 1.70 bits per heavy atom. The molecule has 2 aromatic carbocycles. The van der Waals surface area contributed by atoms with E-state index < -0.39 is 5.82 Å². The van der Waals surface area contributed by atoms with Gasteiger partial charge >= 0.3 is 0 Å². The number of allylic oxidation sites excluding steroid dienone is 1. The van der Waals surface area contributed by atoms with Crippen molar-refractivity contribution in [1.82, 2.24) is 0 Å². The van der Waals surface area contributed by atoms with E-state index in [9.17, 15) is 9.65 Å². The lowest BCUT2D eigenvalue weighted by atomic mass is 10.0. The summed E-state index contributed by atoms with van der Waals surface area (Å²) < 4.78 is 29.3. The van der Waals surface area contributed by atoms with Crippen molar-refractivity contribution in [3.8, 4) is 23.3 Å². The molecule has 0 aliphatic carbocycles. The summed E-state index contributed by atoms with van der Waals surface area (Å²) in [6.45, 7) is 0. The van der Waals surface area contributed by atoms with Crippen molar-refractivity contribution in [2.24, 2.45) is 0 Å². The minimum absolute atomic E-state index is 0.297. The lowest BCUT2D eigenvalue weighted by molar-refractivity contribution is 0.374. The van der Waals surface area contributed by atoms with E-state index in [1.54, 1.807) is 30.3 Å². The van der Waals surface area contributed by atoms with Gasteiger partial charge in [-0.3, -0.25) is 0 Å². The van der Waals surface area contributed by atoms with Gasteiger partial charge in [0, 0.05) is 12.1 Å². The summed E-state index contributed by atoms with van der Waals surface area (Å²) in [5.41, 5.74) is 1.36. The Morgan fingerprint density at radius 3 is 2.17 bits per heavy atom. The van der Waals surface area contributed by atoms with Crippen molar-refractivity contribution < 1.29 is 18.6 Å². The van der Waals surface area contributed by atoms with Crippen LogP contribution in [-0.4, -0.2) is 21.3 Å². The van der Waals surface area contributed by atoms with Crippen LogP contribution < -0.4 is 14.2 Å². The Hall–Kier alpha value is -3.00. The molecule has 0 heterocycles. The number of hydrogen-bond acceptors (Lipinski definition) is 4. The molecule has 0 saturated heterocycles. The average molecular weight is 313 g/mol. The van der Waals surface area contributed by atoms with Crippen LogP contribution in [0, 0.1) is 17.1 Å². The summed E-state index contributed by atoms with van der Waals surface area (Å²) in [6.07, 6.45) is 1.60. The minimum atomic E-state index is -0.405. The topological polar surface area (TPSA) is 51.5 Å². The number of nitrogens with zero attached hydrogens (tertiary/aromatic N) is 1. The van der Waals surface area contributed by atoms with Gasteiger partial charge in [0.05, 0.1) is 38.5 Å². The van der Waals surface area contributed by atoms with Crippen LogP contribution in [0.5, 0.6) is 17.2 Å². The monoisotopic (exact) mass is 313 g/mol. The molecule has 0 saturated carbocycles. The third kappa shape index (κ3) is 3.61. The van der Waals surface area contributed by atoms with Gasteiger partial charge in [0.2, 0.25) is 0 Å². The van der Waals surface area contributed by atoms with Gasteiger partial charge in [0.1, 0.15) is 23.1 Å². The van der Waals surface area contributed by atoms with Crippen LogP contribution in [0.1, 0.15) is 11.1 Å². The average Bonchev–Trinajstić information content (AvgIpc) is 2.58. The van der Waals surface area contributed by atoms with Gasteiger partial charge in [0.15, 0.2) is 0 Å².